The molecule has 5 rings (SSSR count). The van der Waals surface area contributed by atoms with E-state index in [2.05, 4.69) is 52.1 Å². The second-order valence-electron chi connectivity index (χ2n) is 7.14. The Morgan fingerprint density at radius 3 is 2.93 bits per heavy atom. The lowest BCUT2D eigenvalue weighted by Crippen LogP contribution is -2.31. The maximum atomic E-state index is 12.9. The van der Waals surface area contributed by atoms with E-state index in [-0.39, 0.29) is 11.8 Å². The molecular formula is C20H19N5OS. The highest BCUT2D eigenvalue weighted by Gasteiger charge is 2.34. The number of aromatic nitrogens is 4. The molecule has 4 aromatic rings. The van der Waals surface area contributed by atoms with Gasteiger partial charge in [-0.25, -0.2) is 0 Å². The van der Waals surface area contributed by atoms with E-state index in [9.17, 15) is 4.79 Å². The van der Waals surface area contributed by atoms with Crippen LogP contribution in [0.3, 0.4) is 0 Å². The van der Waals surface area contributed by atoms with Crippen LogP contribution in [0.5, 0.6) is 0 Å². The molecule has 1 aromatic carbocycles. The van der Waals surface area contributed by atoms with Gasteiger partial charge in [-0.05, 0) is 53.3 Å². The van der Waals surface area contributed by atoms with Crippen molar-refractivity contribution in [1.29, 1.82) is 0 Å². The molecule has 27 heavy (non-hydrogen) atoms. The Morgan fingerprint density at radius 2 is 2.15 bits per heavy atom. The predicted octanol–water partition coefficient (Wildman–Crippen LogP) is 3.59. The molecule has 0 aliphatic heterocycles. The summed E-state index contributed by atoms with van der Waals surface area (Å²) < 4.78 is 1.80. The summed E-state index contributed by atoms with van der Waals surface area (Å²) in [6.45, 7) is 3.20. The summed E-state index contributed by atoms with van der Waals surface area (Å²) in [6.07, 6.45) is 2.00. The van der Waals surface area contributed by atoms with E-state index in [1.165, 1.54) is 4.88 Å². The second kappa shape index (κ2) is 6.42. The maximum Gasteiger partial charge on any atom is 0.226 e. The molecule has 0 bridgehead atoms. The Bertz CT molecular complexity index is 1130. The zero-order valence-electron chi connectivity index (χ0n) is 15.0. The van der Waals surface area contributed by atoms with Gasteiger partial charge in [0.1, 0.15) is 0 Å². The molecule has 1 aliphatic rings. The molecule has 0 N–H and O–H groups in total. The van der Waals surface area contributed by atoms with E-state index >= 15 is 0 Å². The van der Waals surface area contributed by atoms with Crippen LogP contribution in [0.25, 0.3) is 16.6 Å². The largest absolute Gasteiger partial charge is 0.333 e. The number of nitrogens with zero attached hydrogens (tertiary/aromatic N) is 5. The number of thiophene rings is 1. The summed E-state index contributed by atoms with van der Waals surface area (Å²) in [4.78, 5) is 16.0. The van der Waals surface area contributed by atoms with Crippen molar-refractivity contribution in [2.45, 2.75) is 32.9 Å². The fourth-order valence-corrected chi connectivity index (χ4v) is 4.31. The highest BCUT2D eigenvalue weighted by Crippen LogP contribution is 2.33. The van der Waals surface area contributed by atoms with Crippen LogP contribution >= 0.6 is 11.3 Å². The fourth-order valence-electron chi connectivity index (χ4n) is 3.59. The van der Waals surface area contributed by atoms with Crippen molar-refractivity contribution < 1.29 is 4.79 Å². The molecule has 7 heteroatoms. The summed E-state index contributed by atoms with van der Waals surface area (Å²) in [5.74, 6) is 0.415. The summed E-state index contributed by atoms with van der Waals surface area (Å²) in [6, 6.07) is 12.4. The number of carbonyl (C=O) groups is 1. The van der Waals surface area contributed by atoms with Gasteiger partial charge in [0.15, 0.2) is 5.65 Å². The van der Waals surface area contributed by atoms with Crippen LogP contribution in [0.4, 0.5) is 0 Å². The Morgan fingerprint density at radius 1 is 1.26 bits per heavy atom. The Hall–Kier alpha value is -2.80. The number of para-hydroxylation sites is 1. The van der Waals surface area contributed by atoms with Crippen molar-refractivity contribution in [3.63, 3.8) is 0 Å². The van der Waals surface area contributed by atoms with E-state index < -0.39 is 0 Å². The van der Waals surface area contributed by atoms with Gasteiger partial charge in [-0.3, -0.25) is 4.79 Å². The number of fused-ring (bicyclic) bond motifs is 3. The Labute approximate surface area is 160 Å². The lowest BCUT2D eigenvalue weighted by Gasteiger charge is -2.23. The van der Waals surface area contributed by atoms with Gasteiger partial charge in [-0.15, -0.1) is 16.4 Å². The van der Waals surface area contributed by atoms with Crippen LogP contribution in [0.15, 0.2) is 41.8 Å². The molecule has 3 heterocycles. The van der Waals surface area contributed by atoms with Crippen LogP contribution in [-0.4, -0.2) is 30.8 Å². The highest BCUT2D eigenvalue weighted by molar-refractivity contribution is 7.09. The quantitative estimate of drug-likeness (QED) is 0.533. The molecule has 136 valence electrons. The monoisotopic (exact) mass is 377 g/mol. The van der Waals surface area contributed by atoms with E-state index in [1.54, 1.807) is 15.9 Å². The average Bonchev–Trinajstić information content (AvgIpc) is 3.16. The first-order chi connectivity index (χ1) is 13.2. The molecule has 6 nitrogen and oxygen atoms in total. The zero-order valence-corrected chi connectivity index (χ0v) is 15.8. The first kappa shape index (κ1) is 16.4. The number of benzene rings is 1. The number of hydrogen-bond donors (Lipinski definition) is 0. The van der Waals surface area contributed by atoms with E-state index in [0.717, 1.165) is 40.5 Å². The average molecular weight is 377 g/mol. The summed E-state index contributed by atoms with van der Waals surface area (Å²) >= 11 is 1.68. The first-order valence-corrected chi connectivity index (χ1v) is 9.99. The van der Waals surface area contributed by atoms with Gasteiger partial charge in [-0.1, -0.05) is 24.3 Å². The van der Waals surface area contributed by atoms with Gasteiger partial charge in [0.2, 0.25) is 5.91 Å². The first-order valence-electron chi connectivity index (χ1n) is 9.11. The van der Waals surface area contributed by atoms with Crippen molar-refractivity contribution in [3.8, 4) is 0 Å². The van der Waals surface area contributed by atoms with Crippen molar-refractivity contribution >= 4 is 33.8 Å². The van der Waals surface area contributed by atoms with Crippen LogP contribution in [-0.2, 0) is 17.9 Å². The third-order valence-corrected chi connectivity index (χ3v) is 5.95. The molecule has 1 saturated carbocycles. The molecule has 0 unspecified atom stereocenters. The minimum atomic E-state index is 0.180. The SMILES string of the molecule is Cc1cccc2cc(CN(Cc3cccs3)C(=O)C3CC3)c3nnnn3c12. The molecule has 1 aliphatic carbocycles. The fraction of sp³-hybridized carbons (Fsp3) is 0.300. The van der Waals surface area contributed by atoms with E-state index in [0.29, 0.717) is 13.1 Å². The lowest BCUT2D eigenvalue weighted by molar-refractivity contribution is -0.133. The molecule has 0 atom stereocenters. The van der Waals surface area contributed by atoms with Gasteiger partial charge in [-0.2, -0.15) is 4.52 Å². The minimum Gasteiger partial charge on any atom is -0.333 e. The Kier molecular flexibility index (Phi) is 3.89. The lowest BCUT2D eigenvalue weighted by atomic mass is 10.1. The number of hydrogen-bond acceptors (Lipinski definition) is 5. The van der Waals surface area contributed by atoms with Crippen molar-refractivity contribution in [2.75, 3.05) is 0 Å². The summed E-state index contributed by atoms with van der Waals surface area (Å²) in [5, 5.41) is 15.5. The third-order valence-electron chi connectivity index (χ3n) is 5.09. The standard InChI is InChI=1S/C20H19N5OS/c1-13-4-2-5-15-10-16(19-21-22-23-25(19)18(13)15)11-24(20(26)14-7-8-14)12-17-6-3-9-27-17/h2-6,9-10,14H,7-8,11-12H2,1H3. The predicted molar refractivity (Wildman–Crippen MR) is 104 cm³/mol. The second-order valence-corrected chi connectivity index (χ2v) is 8.18. The molecule has 0 saturated heterocycles. The Balaban J connectivity index is 1.58. The van der Waals surface area contributed by atoms with E-state index in [4.69, 9.17) is 0 Å². The van der Waals surface area contributed by atoms with Crippen molar-refractivity contribution in [3.05, 3.63) is 57.8 Å². The molecule has 1 amide bonds. The summed E-state index contributed by atoms with van der Waals surface area (Å²) in [7, 11) is 0. The number of aryl methyl sites for hydroxylation is 1. The van der Waals surface area contributed by atoms with Crippen molar-refractivity contribution in [2.24, 2.45) is 5.92 Å². The molecule has 0 radical (unpaired) electrons. The topological polar surface area (TPSA) is 63.4 Å². The molecule has 3 aromatic heterocycles. The van der Waals surface area contributed by atoms with Crippen LogP contribution in [0.2, 0.25) is 0 Å². The number of amides is 1. The molecular weight excluding hydrogens is 358 g/mol. The smallest absolute Gasteiger partial charge is 0.226 e. The number of carbonyl (C=O) groups excluding carboxylic acids is 1. The maximum absolute atomic E-state index is 12.9. The van der Waals surface area contributed by atoms with Gasteiger partial charge >= 0.3 is 0 Å². The van der Waals surface area contributed by atoms with Crippen molar-refractivity contribution in [1.82, 2.24) is 24.9 Å². The third kappa shape index (κ3) is 2.98. The zero-order chi connectivity index (χ0) is 18.4. The van der Waals surface area contributed by atoms with Crippen LogP contribution in [0.1, 0.15) is 28.8 Å². The molecule has 1 fully saturated rings. The van der Waals surface area contributed by atoms with E-state index in [1.807, 2.05) is 17.0 Å². The van der Waals surface area contributed by atoms with Crippen LogP contribution in [0, 0.1) is 12.8 Å². The van der Waals surface area contributed by atoms with Gasteiger partial charge < -0.3 is 4.90 Å². The molecule has 0 spiro atoms. The normalized spacial score (nSPS) is 14.1. The number of tetrazole rings is 1. The van der Waals surface area contributed by atoms with Gasteiger partial charge in [0.05, 0.1) is 12.1 Å². The van der Waals surface area contributed by atoms with Gasteiger partial charge in [0.25, 0.3) is 0 Å². The highest BCUT2D eigenvalue weighted by atomic mass is 32.1. The van der Waals surface area contributed by atoms with Gasteiger partial charge in [0, 0.05) is 28.3 Å². The summed E-state index contributed by atoms with van der Waals surface area (Å²) in [5.41, 5.74) is 3.83. The van der Waals surface area contributed by atoms with Crippen LogP contribution < -0.4 is 0 Å². The number of pyridine rings is 1. The number of rotatable bonds is 5. The minimum absolute atomic E-state index is 0.180.